The van der Waals surface area contributed by atoms with Gasteiger partial charge in [-0.2, -0.15) is 0 Å². The number of carbonyl (C=O) groups excluding carboxylic acids is 1. The Labute approximate surface area is 130 Å². The molecule has 2 rings (SSSR count). The zero-order valence-electron chi connectivity index (χ0n) is 11.9. The topological polar surface area (TPSA) is 66.6 Å². The van der Waals surface area contributed by atoms with Crippen LogP contribution in [0.25, 0.3) is 0 Å². The summed E-state index contributed by atoms with van der Waals surface area (Å²) in [5.74, 6) is -0.229. The van der Waals surface area contributed by atoms with Gasteiger partial charge in [-0.3, -0.25) is 4.79 Å². The van der Waals surface area contributed by atoms with Crippen LogP contribution in [0.4, 0.5) is 4.39 Å². The summed E-state index contributed by atoms with van der Waals surface area (Å²) in [6, 6.07) is 5.52. The van der Waals surface area contributed by atoms with Crippen molar-refractivity contribution in [2.75, 3.05) is 26.2 Å². The van der Waals surface area contributed by atoms with Crippen LogP contribution in [0, 0.1) is 11.7 Å². The minimum absolute atomic E-state index is 0. The van der Waals surface area contributed by atoms with Crippen molar-refractivity contribution >= 4 is 18.2 Å². The third kappa shape index (κ3) is 5.04. The lowest BCUT2D eigenvalue weighted by molar-refractivity contribution is 0.0827. The molecule has 0 aromatic heterocycles. The van der Waals surface area contributed by atoms with Gasteiger partial charge in [-0.15, -0.1) is 12.4 Å². The smallest absolute Gasteiger partial charge is 0.166 e. The minimum Gasteiger partial charge on any atom is -0.395 e. The van der Waals surface area contributed by atoms with Crippen molar-refractivity contribution in [3.8, 4) is 0 Å². The first-order chi connectivity index (χ1) is 9.60. The number of hydrogen-bond donors (Lipinski definition) is 2. The van der Waals surface area contributed by atoms with Crippen LogP contribution < -0.4 is 5.73 Å². The summed E-state index contributed by atoms with van der Waals surface area (Å²) in [4.78, 5) is 14.5. The standard InChI is InChI=1S/C15H21FN2O2.ClH/c16-13-3-1-11(2-4-13)15(20)12-5-7-18(8-6-12)9-14(17)10-19;/h1-4,12,14,19H,5-10,17H2;1H. The SMILES string of the molecule is Cl.NC(CO)CN1CCC(C(=O)c2ccc(F)cc2)CC1. The van der Waals surface area contributed by atoms with E-state index in [-0.39, 0.29) is 42.6 Å². The first-order valence-corrected chi connectivity index (χ1v) is 6.98. The van der Waals surface area contributed by atoms with E-state index in [1.54, 1.807) is 12.1 Å². The van der Waals surface area contributed by atoms with Crippen LogP contribution >= 0.6 is 12.4 Å². The summed E-state index contributed by atoms with van der Waals surface area (Å²) in [5.41, 5.74) is 6.29. The van der Waals surface area contributed by atoms with E-state index in [4.69, 9.17) is 10.8 Å². The van der Waals surface area contributed by atoms with E-state index in [0.717, 1.165) is 25.9 Å². The summed E-state index contributed by atoms with van der Waals surface area (Å²) in [6.07, 6.45) is 1.57. The van der Waals surface area contributed by atoms with Gasteiger partial charge in [0.1, 0.15) is 5.82 Å². The first kappa shape index (κ1) is 18.0. The lowest BCUT2D eigenvalue weighted by Gasteiger charge is -2.32. The van der Waals surface area contributed by atoms with Crippen LogP contribution in [0.1, 0.15) is 23.2 Å². The Morgan fingerprint density at radius 1 is 1.33 bits per heavy atom. The number of Topliss-reactive ketones (excluding diaryl/α,β-unsaturated/α-hetero) is 1. The fraction of sp³-hybridized carbons (Fsp3) is 0.533. The molecule has 0 radical (unpaired) electrons. The number of likely N-dealkylation sites (tertiary alicyclic amines) is 1. The van der Waals surface area contributed by atoms with Crippen LogP contribution in [-0.2, 0) is 0 Å². The molecular formula is C15H22ClFN2O2. The predicted molar refractivity (Wildman–Crippen MR) is 82.2 cm³/mol. The van der Waals surface area contributed by atoms with E-state index in [2.05, 4.69) is 4.90 Å². The Bertz CT molecular complexity index is 447. The Morgan fingerprint density at radius 2 is 1.90 bits per heavy atom. The van der Waals surface area contributed by atoms with Gasteiger partial charge >= 0.3 is 0 Å². The van der Waals surface area contributed by atoms with Gasteiger partial charge in [0.2, 0.25) is 0 Å². The molecule has 4 nitrogen and oxygen atoms in total. The van der Waals surface area contributed by atoms with Gasteiger partial charge in [-0.05, 0) is 50.2 Å². The Kier molecular flexibility index (Phi) is 7.25. The minimum atomic E-state index is -0.325. The molecule has 1 aliphatic rings. The molecule has 0 aliphatic carbocycles. The quantitative estimate of drug-likeness (QED) is 0.807. The number of ketones is 1. The van der Waals surface area contributed by atoms with Gasteiger partial charge in [0, 0.05) is 24.1 Å². The zero-order valence-corrected chi connectivity index (χ0v) is 12.7. The second-order valence-electron chi connectivity index (χ2n) is 5.39. The number of nitrogens with two attached hydrogens (primary N) is 1. The van der Waals surface area contributed by atoms with Crippen molar-refractivity contribution in [1.82, 2.24) is 4.90 Å². The number of aliphatic hydroxyl groups is 1. The molecular weight excluding hydrogens is 295 g/mol. The van der Waals surface area contributed by atoms with Crippen LogP contribution in [0.15, 0.2) is 24.3 Å². The molecule has 3 N–H and O–H groups in total. The zero-order chi connectivity index (χ0) is 14.5. The summed E-state index contributed by atoms with van der Waals surface area (Å²) in [5, 5.41) is 8.94. The molecule has 1 atom stereocenters. The number of piperidine rings is 1. The second kappa shape index (κ2) is 8.44. The predicted octanol–water partition coefficient (Wildman–Crippen LogP) is 1.46. The van der Waals surface area contributed by atoms with Crippen molar-refractivity contribution in [3.05, 3.63) is 35.6 Å². The highest BCUT2D eigenvalue weighted by molar-refractivity contribution is 5.97. The number of halogens is 2. The van der Waals surface area contributed by atoms with Crippen LogP contribution in [0.5, 0.6) is 0 Å². The van der Waals surface area contributed by atoms with E-state index in [0.29, 0.717) is 12.1 Å². The number of nitrogens with zero attached hydrogens (tertiary/aromatic N) is 1. The van der Waals surface area contributed by atoms with Crippen molar-refractivity contribution < 1.29 is 14.3 Å². The molecule has 1 unspecified atom stereocenters. The fourth-order valence-corrected chi connectivity index (χ4v) is 2.62. The van der Waals surface area contributed by atoms with Crippen LogP contribution in [-0.4, -0.2) is 48.1 Å². The van der Waals surface area contributed by atoms with E-state index in [1.807, 2.05) is 0 Å². The van der Waals surface area contributed by atoms with Crippen LogP contribution in [0.3, 0.4) is 0 Å². The van der Waals surface area contributed by atoms with Crippen molar-refractivity contribution in [2.45, 2.75) is 18.9 Å². The lowest BCUT2D eigenvalue weighted by Crippen LogP contribution is -2.44. The second-order valence-corrected chi connectivity index (χ2v) is 5.39. The molecule has 0 saturated carbocycles. The van der Waals surface area contributed by atoms with Crippen molar-refractivity contribution in [2.24, 2.45) is 11.7 Å². The van der Waals surface area contributed by atoms with E-state index in [9.17, 15) is 9.18 Å². The maximum atomic E-state index is 12.8. The number of aliphatic hydroxyl groups excluding tert-OH is 1. The number of carbonyl (C=O) groups is 1. The lowest BCUT2D eigenvalue weighted by atomic mass is 9.89. The van der Waals surface area contributed by atoms with E-state index >= 15 is 0 Å². The summed E-state index contributed by atoms with van der Waals surface area (Å²) in [6.45, 7) is 2.26. The Balaban J connectivity index is 0.00000220. The molecule has 118 valence electrons. The first-order valence-electron chi connectivity index (χ1n) is 6.98. The number of hydrogen-bond acceptors (Lipinski definition) is 4. The molecule has 1 fully saturated rings. The third-order valence-corrected chi connectivity index (χ3v) is 3.81. The average Bonchev–Trinajstić information content (AvgIpc) is 2.48. The van der Waals surface area contributed by atoms with Gasteiger partial charge < -0.3 is 15.7 Å². The van der Waals surface area contributed by atoms with Crippen molar-refractivity contribution in [3.63, 3.8) is 0 Å². The maximum absolute atomic E-state index is 12.8. The van der Waals surface area contributed by atoms with Gasteiger partial charge in [-0.1, -0.05) is 0 Å². The maximum Gasteiger partial charge on any atom is 0.166 e. The Hall–Kier alpha value is -1.01. The molecule has 0 spiro atoms. The van der Waals surface area contributed by atoms with Crippen molar-refractivity contribution in [1.29, 1.82) is 0 Å². The van der Waals surface area contributed by atoms with Gasteiger partial charge in [-0.25, -0.2) is 4.39 Å². The molecule has 1 heterocycles. The number of rotatable bonds is 5. The molecule has 1 aliphatic heterocycles. The average molecular weight is 317 g/mol. The largest absolute Gasteiger partial charge is 0.395 e. The number of benzene rings is 1. The summed E-state index contributed by atoms with van der Waals surface area (Å²) < 4.78 is 12.8. The molecule has 21 heavy (non-hydrogen) atoms. The van der Waals surface area contributed by atoms with E-state index in [1.165, 1.54) is 12.1 Å². The highest BCUT2D eigenvalue weighted by Crippen LogP contribution is 2.22. The molecule has 0 bridgehead atoms. The van der Waals surface area contributed by atoms with Gasteiger partial charge in [0.05, 0.1) is 6.61 Å². The highest BCUT2D eigenvalue weighted by atomic mass is 35.5. The summed E-state index contributed by atoms with van der Waals surface area (Å²) >= 11 is 0. The van der Waals surface area contributed by atoms with Gasteiger partial charge in [0.25, 0.3) is 0 Å². The molecule has 6 heteroatoms. The normalized spacial score (nSPS) is 18.0. The highest BCUT2D eigenvalue weighted by Gasteiger charge is 2.26. The molecule has 0 amide bonds. The molecule has 1 aromatic carbocycles. The van der Waals surface area contributed by atoms with Gasteiger partial charge in [0.15, 0.2) is 5.78 Å². The fourth-order valence-electron chi connectivity index (χ4n) is 2.62. The van der Waals surface area contributed by atoms with Crippen LogP contribution in [0.2, 0.25) is 0 Å². The molecule has 1 saturated heterocycles. The third-order valence-electron chi connectivity index (χ3n) is 3.81. The molecule has 1 aromatic rings. The monoisotopic (exact) mass is 316 g/mol. The van der Waals surface area contributed by atoms with E-state index < -0.39 is 0 Å². The Morgan fingerprint density at radius 3 is 2.43 bits per heavy atom. The summed E-state index contributed by atoms with van der Waals surface area (Å²) in [7, 11) is 0.